The van der Waals surface area contributed by atoms with Crippen LogP contribution in [-0.2, 0) is 6.42 Å². The molecule has 1 aromatic rings. The predicted octanol–water partition coefficient (Wildman–Crippen LogP) is 2.28. The molecule has 0 saturated carbocycles. The third kappa shape index (κ3) is 1.23. The first-order valence-electron chi connectivity index (χ1n) is 4.09. The SMILES string of the molecule is Nc1cc(Cl)c2c(c1)NCCC2. The van der Waals surface area contributed by atoms with Gasteiger partial charge in [0.2, 0.25) is 0 Å². The molecular weight excluding hydrogens is 172 g/mol. The van der Waals surface area contributed by atoms with Crippen LogP contribution in [0.25, 0.3) is 0 Å². The summed E-state index contributed by atoms with van der Waals surface area (Å²) in [5.74, 6) is 0. The molecule has 2 rings (SSSR count). The molecule has 0 saturated heterocycles. The Labute approximate surface area is 76.7 Å². The van der Waals surface area contributed by atoms with Crippen LogP contribution in [0, 0.1) is 0 Å². The average Bonchev–Trinajstić information content (AvgIpc) is 2.04. The van der Waals surface area contributed by atoms with Crippen molar-refractivity contribution in [3.8, 4) is 0 Å². The van der Waals surface area contributed by atoms with E-state index in [1.165, 1.54) is 5.56 Å². The van der Waals surface area contributed by atoms with Crippen LogP contribution in [-0.4, -0.2) is 6.54 Å². The van der Waals surface area contributed by atoms with Gasteiger partial charge in [-0.25, -0.2) is 0 Å². The number of hydrogen-bond acceptors (Lipinski definition) is 2. The molecule has 0 aliphatic carbocycles. The molecule has 2 nitrogen and oxygen atoms in total. The van der Waals surface area contributed by atoms with E-state index in [9.17, 15) is 0 Å². The number of benzene rings is 1. The molecule has 12 heavy (non-hydrogen) atoms. The zero-order valence-electron chi connectivity index (χ0n) is 6.73. The normalized spacial score (nSPS) is 15.1. The van der Waals surface area contributed by atoms with E-state index in [0.29, 0.717) is 0 Å². The zero-order valence-corrected chi connectivity index (χ0v) is 7.49. The van der Waals surface area contributed by atoms with Crippen LogP contribution in [0.2, 0.25) is 5.02 Å². The fourth-order valence-electron chi connectivity index (χ4n) is 1.56. The van der Waals surface area contributed by atoms with Crippen molar-refractivity contribution in [2.24, 2.45) is 0 Å². The quantitative estimate of drug-likeness (QED) is 0.605. The molecule has 1 heterocycles. The van der Waals surface area contributed by atoms with Crippen molar-refractivity contribution in [1.82, 2.24) is 0 Å². The van der Waals surface area contributed by atoms with E-state index >= 15 is 0 Å². The number of hydrogen-bond donors (Lipinski definition) is 2. The summed E-state index contributed by atoms with van der Waals surface area (Å²) in [4.78, 5) is 0. The first-order chi connectivity index (χ1) is 5.77. The van der Waals surface area contributed by atoms with Gasteiger partial charge in [-0.3, -0.25) is 0 Å². The van der Waals surface area contributed by atoms with E-state index < -0.39 is 0 Å². The second-order valence-electron chi connectivity index (χ2n) is 3.06. The second kappa shape index (κ2) is 2.87. The van der Waals surface area contributed by atoms with Crippen molar-refractivity contribution in [3.63, 3.8) is 0 Å². The Morgan fingerprint density at radius 1 is 1.42 bits per heavy atom. The molecule has 0 amide bonds. The lowest BCUT2D eigenvalue weighted by atomic mass is 10.0. The van der Waals surface area contributed by atoms with Gasteiger partial charge in [0.05, 0.1) is 0 Å². The topological polar surface area (TPSA) is 38.0 Å². The Kier molecular flexibility index (Phi) is 1.85. The fourth-order valence-corrected chi connectivity index (χ4v) is 1.88. The molecule has 0 bridgehead atoms. The molecule has 0 unspecified atom stereocenters. The highest BCUT2D eigenvalue weighted by Crippen LogP contribution is 2.31. The molecule has 0 atom stereocenters. The Balaban J connectivity index is 2.53. The van der Waals surface area contributed by atoms with Crippen molar-refractivity contribution >= 4 is 23.0 Å². The molecule has 0 aromatic heterocycles. The summed E-state index contributed by atoms with van der Waals surface area (Å²) in [5.41, 5.74) is 8.70. The highest BCUT2D eigenvalue weighted by atomic mass is 35.5. The molecule has 3 N–H and O–H groups in total. The molecule has 1 aliphatic rings. The van der Waals surface area contributed by atoms with Gasteiger partial charge in [0.1, 0.15) is 0 Å². The van der Waals surface area contributed by atoms with Gasteiger partial charge in [-0.05, 0) is 30.5 Å². The van der Waals surface area contributed by atoms with Gasteiger partial charge >= 0.3 is 0 Å². The van der Waals surface area contributed by atoms with Gasteiger partial charge in [0.25, 0.3) is 0 Å². The summed E-state index contributed by atoms with van der Waals surface area (Å²) >= 11 is 6.03. The van der Waals surface area contributed by atoms with E-state index in [-0.39, 0.29) is 0 Å². The molecule has 3 heteroatoms. The second-order valence-corrected chi connectivity index (χ2v) is 3.47. The summed E-state index contributed by atoms with van der Waals surface area (Å²) in [6.07, 6.45) is 2.21. The molecule has 0 spiro atoms. The predicted molar refractivity (Wildman–Crippen MR) is 52.7 cm³/mol. The third-order valence-corrected chi connectivity index (χ3v) is 2.47. The minimum absolute atomic E-state index is 0.730. The van der Waals surface area contributed by atoms with E-state index in [2.05, 4.69) is 5.32 Å². The maximum absolute atomic E-state index is 6.03. The van der Waals surface area contributed by atoms with Crippen molar-refractivity contribution in [2.45, 2.75) is 12.8 Å². The monoisotopic (exact) mass is 182 g/mol. The first-order valence-corrected chi connectivity index (χ1v) is 4.47. The van der Waals surface area contributed by atoms with Crippen LogP contribution in [0.15, 0.2) is 12.1 Å². The summed E-state index contributed by atoms with van der Waals surface area (Å²) in [7, 11) is 0. The Bertz CT molecular complexity index is 310. The van der Waals surface area contributed by atoms with Crippen LogP contribution in [0.5, 0.6) is 0 Å². The molecule has 64 valence electrons. The lowest BCUT2D eigenvalue weighted by Gasteiger charge is -2.19. The van der Waals surface area contributed by atoms with Crippen molar-refractivity contribution in [1.29, 1.82) is 0 Å². The van der Waals surface area contributed by atoms with Gasteiger partial charge < -0.3 is 11.1 Å². The molecular formula is C9H11ClN2. The van der Waals surface area contributed by atoms with Crippen LogP contribution in [0.4, 0.5) is 11.4 Å². The van der Waals surface area contributed by atoms with Gasteiger partial charge in [0.15, 0.2) is 0 Å². The zero-order chi connectivity index (χ0) is 8.55. The van der Waals surface area contributed by atoms with Gasteiger partial charge in [0, 0.05) is 22.9 Å². The Hall–Kier alpha value is -0.890. The van der Waals surface area contributed by atoms with E-state index in [4.69, 9.17) is 17.3 Å². The number of nitrogens with one attached hydrogen (secondary N) is 1. The van der Waals surface area contributed by atoms with E-state index in [1.54, 1.807) is 0 Å². The summed E-state index contributed by atoms with van der Waals surface area (Å²) in [6, 6.07) is 3.76. The molecule has 0 fully saturated rings. The van der Waals surface area contributed by atoms with E-state index in [1.807, 2.05) is 12.1 Å². The highest BCUT2D eigenvalue weighted by Gasteiger charge is 2.11. The van der Waals surface area contributed by atoms with Crippen LogP contribution in [0.1, 0.15) is 12.0 Å². The van der Waals surface area contributed by atoms with Crippen molar-refractivity contribution < 1.29 is 0 Å². The maximum atomic E-state index is 6.03. The van der Waals surface area contributed by atoms with E-state index in [0.717, 1.165) is 35.8 Å². The highest BCUT2D eigenvalue weighted by molar-refractivity contribution is 6.32. The number of nitrogen functional groups attached to an aromatic ring is 1. The fraction of sp³-hybridized carbons (Fsp3) is 0.333. The van der Waals surface area contributed by atoms with Crippen LogP contribution >= 0.6 is 11.6 Å². The Morgan fingerprint density at radius 2 is 2.25 bits per heavy atom. The third-order valence-electron chi connectivity index (χ3n) is 2.14. The number of halogens is 1. The number of nitrogens with two attached hydrogens (primary N) is 1. The standard InChI is InChI=1S/C9H11ClN2/c10-8-4-6(11)5-9-7(8)2-1-3-12-9/h4-5,12H,1-3,11H2. The number of rotatable bonds is 0. The lowest BCUT2D eigenvalue weighted by molar-refractivity contribution is 0.831. The largest absolute Gasteiger partial charge is 0.399 e. The van der Waals surface area contributed by atoms with Gasteiger partial charge in [-0.15, -0.1) is 0 Å². The van der Waals surface area contributed by atoms with Crippen LogP contribution < -0.4 is 11.1 Å². The average molecular weight is 183 g/mol. The van der Waals surface area contributed by atoms with Crippen molar-refractivity contribution in [2.75, 3.05) is 17.6 Å². The lowest BCUT2D eigenvalue weighted by Crippen LogP contribution is -2.12. The molecule has 1 aliphatic heterocycles. The summed E-state index contributed by atoms with van der Waals surface area (Å²) in [5, 5.41) is 4.07. The number of anilines is 2. The van der Waals surface area contributed by atoms with Crippen molar-refractivity contribution in [3.05, 3.63) is 22.7 Å². The molecule has 0 radical (unpaired) electrons. The van der Waals surface area contributed by atoms with Crippen LogP contribution in [0.3, 0.4) is 0 Å². The Morgan fingerprint density at radius 3 is 3.08 bits per heavy atom. The minimum atomic E-state index is 0.730. The summed E-state index contributed by atoms with van der Waals surface area (Å²) in [6.45, 7) is 1.02. The van der Waals surface area contributed by atoms with Gasteiger partial charge in [-0.1, -0.05) is 11.6 Å². The summed E-state index contributed by atoms with van der Waals surface area (Å²) < 4.78 is 0. The molecule has 1 aromatic carbocycles. The first kappa shape index (κ1) is 7.74. The van der Waals surface area contributed by atoms with Gasteiger partial charge in [-0.2, -0.15) is 0 Å². The minimum Gasteiger partial charge on any atom is -0.399 e. The maximum Gasteiger partial charge on any atom is 0.0479 e. The number of fused-ring (bicyclic) bond motifs is 1. The smallest absolute Gasteiger partial charge is 0.0479 e.